The highest BCUT2D eigenvalue weighted by Crippen LogP contribution is 2.31. The molecule has 0 bridgehead atoms. The molecule has 2 aromatic carbocycles. The Labute approximate surface area is 130 Å². The van der Waals surface area contributed by atoms with Crippen LogP contribution in [0.1, 0.15) is 21.6 Å². The lowest BCUT2D eigenvalue weighted by Gasteiger charge is -2.07. The molecular weight excluding hydrogens is 307 g/mol. The van der Waals surface area contributed by atoms with Gasteiger partial charge in [-0.1, -0.05) is 11.6 Å². The third-order valence-electron chi connectivity index (χ3n) is 3.22. The second-order valence-electron chi connectivity index (χ2n) is 4.80. The molecule has 0 aliphatic rings. The van der Waals surface area contributed by atoms with Crippen LogP contribution >= 0.6 is 11.6 Å². The summed E-state index contributed by atoms with van der Waals surface area (Å²) >= 11 is 5.85. The van der Waals surface area contributed by atoms with Gasteiger partial charge in [-0.3, -0.25) is 9.78 Å². The summed E-state index contributed by atoms with van der Waals surface area (Å²) in [5.41, 5.74) is 1.73. The second-order valence-corrected chi connectivity index (χ2v) is 5.18. The van der Waals surface area contributed by atoms with Crippen molar-refractivity contribution in [3.8, 4) is 5.75 Å². The standard InChI is InChI=1S/C16H10ClFN2O2/c1-8-7-19-11-4-2-9(6-12(11)20-8)16(22)14-10(18)3-5-13(21)15(14)17/h2-7,21H,1H3. The smallest absolute Gasteiger partial charge is 0.197 e. The number of hydrogen-bond donors (Lipinski definition) is 1. The number of rotatable bonds is 2. The number of fused-ring (bicyclic) bond motifs is 1. The van der Waals surface area contributed by atoms with Gasteiger partial charge < -0.3 is 5.11 Å². The van der Waals surface area contributed by atoms with Gasteiger partial charge in [0.1, 0.15) is 11.6 Å². The van der Waals surface area contributed by atoms with E-state index >= 15 is 0 Å². The minimum atomic E-state index is -0.789. The molecule has 22 heavy (non-hydrogen) atoms. The molecule has 0 amide bonds. The van der Waals surface area contributed by atoms with Crippen LogP contribution in [0.4, 0.5) is 4.39 Å². The predicted molar refractivity (Wildman–Crippen MR) is 80.8 cm³/mol. The first-order valence-corrected chi connectivity index (χ1v) is 6.80. The number of benzene rings is 2. The highest BCUT2D eigenvalue weighted by Gasteiger charge is 2.20. The molecule has 0 saturated carbocycles. The topological polar surface area (TPSA) is 63.1 Å². The number of aromatic nitrogens is 2. The summed E-state index contributed by atoms with van der Waals surface area (Å²) in [6.45, 7) is 1.78. The van der Waals surface area contributed by atoms with Crippen LogP contribution in [0.3, 0.4) is 0 Å². The van der Waals surface area contributed by atoms with Crippen LogP contribution in [0.25, 0.3) is 11.0 Å². The molecule has 0 radical (unpaired) electrons. The second kappa shape index (κ2) is 5.35. The maximum atomic E-state index is 13.9. The summed E-state index contributed by atoms with van der Waals surface area (Å²) in [4.78, 5) is 21.0. The van der Waals surface area contributed by atoms with Gasteiger partial charge in [0.15, 0.2) is 5.78 Å². The molecule has 3 rings (SSSR count). The van der Waals surface area contributed by atoms with E-state index in [0.29, 0.717) is 16.7 Å². The van der Waals surface area contributed by atoms with Crippen molar-refractivity contribution in [3.05, 3.63) is 64.2 Å². The Morgan fingerprint density at radius 2 is 2.00 bits per heavy atom. The van der Waals surface area contributed by atoms with E-state index < -0.39 is 11.6 Å². The van der Waals surface area contributed by atoms with Crippen molar-refractivity contribution >= 4 is 28.4 Å². The summed E-state index contributed by atoms with van der Waals surface area (Å²) in [5, 5.41) is 9.25. The molecular formula is C16H10ClFN2O2. The lowest BCUT2D eigenvalue weighted by atomic mass is 10.0. The van der Waals surface area contributed by atoms with Crippen LogP contribution in [0.5, 0.6) is 5.75 Å². The Kier molecular flexibility index (Phi) is 3.50. The maximum Gasteiger partial charge on any atom is 0.197 e. The molecule has 0 atom stereocenters. The molecule has 6 heteroatoms. The Morgan fingerprint density at radius 1 is 1.23 bits per heavy atom. The van der Waals surface area contributed by atoms with Crippen LogP contribution in [0, 0.1) is 12.7 Å². The minimum Gasteiger partial charge on any atom is -0.506 e. The van der Waals surface area contributed by atoms with Gasteiger partial charge in [-0.15, -0.1) is 0 Å². The lowest BCUT2D eigenvalue weighted by molar-refractivity contribution is 0.103. The summed E-state index contributed by atoms with van der Waals surface area (Å²) in [6.07, 6.45) is 1.62. The van der Waals surface area contributed by atoms with Crippen LogP contribution in [-0.2, 0) is 0 Å². The van der Waals surface area contributed by atoms with Crippen molar-refractivity contribution < 1.29 is 14.3 Å². The zero-order valence-corrected chi connectivity index (χ0v) is 12.2. The van der Waals surface area contributed by atoms with Gasteiger partial charge >= 0.3 is 0 Å². The highest BCUT2D eigenvalue weighted by atomic mass is 35.5. The summed E-state index contributed by atoms with van der Waals surface area (Å²) in [7, 11) is 0. The number of ketones is 1. The zero-order chi connectivity index (χ0) is 15.9. The summed E-state index contributed by atoms with van der Waals surface area (Å²) in [6, 6.07) is 6.78. The van der Waals surface area contributed by atoms with Crippen molar-refractivity contribution in [2.24, 2.45) is 0 Å². The van der Waals surface area contributed by atoms with E-state index in [1.165, 1.54) is 12.1 Å². The van der Waals surface area contributed by atoms with Gasteiger partial charge in [0.05, 0.1) is 27.3 Å². The Balaban J connectivity index is 2.15. The average molecular weight is 317 g/mol. The number of halogens is 2. The molecule has 0 aliphatic heterocycles. The molecule has 0 spiro atoms. The van der Waals surface area contributed by atoms with Gasteiger partial charge in [0, 0.05) is 11.8 Å². The van der Waals surface area contributed by atoms with E-state index in [0.717, 1.165) is 12.1 Å². The van der Waals surface area contributed by atoms with E-state index in [1.54, 1.807) is 19.2 Å². The van der Waals surface area contributed by atoms with Crippen molar-refractivity contribution in [1.29, 1.82) is 0 Å². The first kappa shape index (κ1) is 14.4. The molecule has 4 nitrogen and oxygen atoms in total. The van der Waals surface area contributed by atoms with Crippen LogP contribution in [0.15, 0.2) is 36.5 Å². The number of aromatic hydroxyl groups is 1. The van der Waals surface area contributed by atoms with E-state index in [2.05, 4.69) is 9.97 Å². The molecule has 1 heterocycles. The quantitative estimate of drug-likeness (QED) is 0.733. The van der Waals surface area contributed by atoms with Gasteiger partial charge in [-0.05, 0) is 37.3 Å². The van der Waals surface area contributed by atoms with E-state index in [4.69, 9.17) is 11.6 Å². The number of phenols is 1. The first-order valence-electron chi connectivity index (χ1n) is 6.42. The molecule has 0 unspecified atom stereocenters. The third-order valence-corrected chi connectivity index (χ3v) is 3.61. The Morgan fingerprint density at radius 3 is 2.77 bits per heavy atom. The van der Waals surface area contributed by atoms with Crippen molar-refractivity contribution in [2.75, 3.05) is 0 Å². The lowest BCUT2D eigenvalue weighted by Crippen LogP contribution is -2.06. The van der Waals surface area contributed by atoms with Crippen LogP contribution in [0.2, 0.25) is 5.02 Å². The number of carbonyl (C=O) groups is 1. The number of nitrogens with zero attached hydrogens (tertiary/aromatic N) is 2. The SMILES string of the molecule is Cc1cnc2ccc(C(=O)c3c(F)ccc(O)c3Cl)cc2n1. The number of hydrogen-bond acceptors (Lipinski definition) is 4. The Bertz CT molecular complexity index is 912. The maximum absolute atomic E-state index is 13.9. The highest BCUT2D eigenvalue weighted by molar-refractivity contribution is 6.36. The largest absolute Gasteiger partial charge is 0.506 e. The molecule has 1 N–H and O–H groups in total. The molecule has 0 saturated heterocycles. The van der Waals surface area contributed by atoms with Crippen molar-refractivity contribution in [2.45, 2.75) is 6.92 Å². The fourth-order valence-corrected chi connectivity index (χ4v) is 2.38. The van der Waals surface area contributed by atoms with Gasteiger partial charge in [-0.25, -0.2) is 9.37 Å². The number of carbonyl (C=O) groups excluding carboxylic acids is 1. The first-order chi connectivity index (χ1) is 10.5. The molecule has 3 aromatic rings. The van der Waals surface area contributed by atoms with Gasteiger partial charge in [0.2, 0.25) is 0 Å². The molecule has 1 aromatic heterocycles. The average Bonchev–Trinajstić information content (AvgIpc) is 2.50. The number of aryl methyl sites for hydroxylation is 1. The predicted octanol–water partition coefficient (Wildman–Crippen LogP) is 3.67. The van der Waals surface area contributed by atoms with Crippen molar-refractivity contribution in [1.82, 2.24) is 9.97 Å². The third kappa shape index (κ3) is 2.40. The molecule has 110 valence electrons. The zero-order valence-electron chi connectivity index (χ0n) is 11.5. The minimum absolute atomic E-state index is 0.221. The normalized spacial score (nSPS) is 10.9. The summed E-state index contributed by atoms with van der Waals surface area (Å²) in [5.74, 6) is -1.75. The summed E-state index contributed by atoms with van der Waals surface area (Å²) < 4.78 is 13.9. The Hall–Kier alpha value is -2.53. The van der Waals surface area contributed by atoms with Crippen LogP contribution < -0.4 is 0 Å². The molecule has 0 fully saturated rings. The van der Waals surface area contributed by atoms with E-state index in [-0.39, 0.29) is 21.9 Å². The van der Waals surface area contributed by atoms with E-state index in [1.807, 2.05) is 0 Å². The monoisotopic (exact) mass is 316 g/mol. The van der Waals surface area contributed by atoms with Gasteiger partial charge in [0.25, 0.3) is 0 Å². The molecule has 0 aliphatic carbocycles. The van der Waals surface area contributed by atoms with Crippen LogP contribution in [-0.4, -0.2) is 20.9 Å². The number of phenolic OH excluding ortho intramolecular Hbond substituents is 1. The fourth-order valence-electron chi connectivity index (χ4n) is 2.14. The fraction of sp³-hybridized carbons (Fsp3) is 0.0625. The van der Waals surface area contributed by atoms with E-state index in [9.17, 15) is 14.3 Å². The van der Waals surface area contributed by atoms with Crippen molar-refractivity contribution in [3.63, 3.8) is 0 Å². The van der Waals surface area contributed by atoms with Gasteiger partial charge in [-0.2, -0.15) is 0 Å².